The predicted molar refractivity (Wildman–Crippen MR) is 79.7 cm³/mol. The second-order valence-electron chi connectivity index (χ2n) is 4.55. The lowest BCUT2D eigenvalue weighted by atomic mass is 10.0. The van der Waals surface area contributed by atoms with Gasteiger partial charge in [0.2, 0.25) is 0 Å². The van der Waals surface area contributed by atoms with Crippen LogP contribution in [0.3, 0.4) is 0 Å². The molecular formula is C14H17Cl2N3. The zero-order valence-corrected chi connectivity index (χ0v) is 12.5. The van der Waals surface area contributed by atoms with Crippen LogP contribution >= 0.6 is 23.2 Å². The van der Waals surface area contributed by atoms with Gasteiger partial charge in [0.15, 0.2) is 0 Å². The Hall–Kier alpha value is -1.03. The van der Waals surface area contributed by atoms with Crippen molar-refractivity contribution in [2.75, 3.05) is 0 Å². The summed E-state index contributed by atoms with van der Waals surface area (Å²) < 4.78 is 1.86. The van der Waals surface area contributed by atoms with E-state index in [0.29, 0.717) is 16.5 Å². The fourth-order valence-electron chi connectivity index (χ4n) is 2.13. The third-order valence-corrected chi connectivity index (χ3v) is 3.85. The maximum Gasteiger partial charge on any atom is 0.0624 e. The van der Waals surface area contributed by atoms with Crippen molar-refractivity contribution in [1.29, 1.82) is 0 Å². The molecule has 0 bridgehead atoms. The third-order valence-electron chi connectivity index (χ3n) is 3.19. The van der Waals surface area contributed by atoms with Crippen LogP contribution in [0, 0.1) is 0 Å². The molecule has 1 aromatic carbocycles. The summed E-state index contributed by atoms with van der Waals surface area (Å²) in [5.41, 5.74) is 9.18. The Morgan fingerprint density at radius 1 is 1.32 bits per heavy atom. The maximum absolute atomic E-state index is 6.24. The van der Waals surface area contributed by atoms with Crippen molar-refractivity contribution in [2.45, 2.75) is 25.8 Å². The number of nitrogens with zero attached hydrogens (tertiary/aromatic N) is 2. The van der Waals surface area contributed by atoms with Gasteiger partial charge in [0.05, 0.1) is 5.69 Å². The first-order valence-electron chi connectivity index (χ1n) is 6.24. The van der Waals surface area contributed by atoms with Gasteiger partial charge in [0.25, 0.3) is 0 Å². The van der Waals surface area contributed by atoms with Gasteiger partial charge in [-0.25, -0.2) is 0 Å². The molecule has 19 heavy (non-hydrogen) atoms. The van der Waals surface area contributed by atoms with Crippen LogP contribution in [0.25, 0.3) is 0 Å². The molecule has 0 saturated carbocycles. The molecular weight excluding hydrogens is 281 g/mol. The van der Waals surface area contributed by atoms with Crippen molar-refractivity contribution in [1.82, 2.24) is 9.78 Å². The van der Waals surface area contributed by atoms with E-state index in [2.05, 4.69) is 18.1 Å². The average molecular weight is 298 g/mol. The first-order valence-corrected chi connectivity index (χ1v) is 6.99. The molecule has 102 valence electrons. The van der Waals surface area contributed by atoms with Crippen LogP contribution in [0.4, 0.5) is 0 Å². The Balaban J connectivity index is 2.25. The fourth-order valence-corrected chi connectivity index (χ4v) is 2.81. The van der Waals surface area contributed by atoms with Crippen LogP contribution in [-0.2, 0) is 19.9 Å². The first kappa shape index (κ1) is 14.4. The molecule has 0 aliphatic carbocycles. The Morgan fingerprint density at radius 3 is 2.47 bits per heavy atom. The molecule has 2 rings (SSSR count). The molecule has 3 nitrogen and oxygen atoms in total. The smallest absolute Gasteiger partial charge is 0.0624 e. The lowest BCUT2D eigenvalue weighted by Gasteiger charge is -2.15. The van der Waals surface area contributed by atoms with Crippen molar-refractivity contribution in [3.05, 3.63) is 51.3 Å². The highest BCUT2D eigenvalue weighted by atomic mass is 35.5. The molecule has 5 heteroatoms. The topological polar surface area (TPSA) is 43.8 Å². The van der Waals surface area contributed by atoms with Gasteiger partial charge in [-0.1, -0.05) is 36.2 Å². The highest BCUT2D eigenvalue weighted by molar-refractivity contribution is 6.36. The van der Waals surface area contributed by atoms with Gasteiger partial charge >= 0.3 is 0 Å². The Kier molecular flexibility index (Phi) is 4.50. The standard InChI is InChI=1S/C14H17Cl2N3/c1-3-9-7-10(19(2)18-9)8-13(17)14-11(15)5-4-6-12(14)16/h4-7,13H,3,8,17H2,1-2H3. The normalized spacial score (nSPS) is 12.7. The van der Waals surface area contributed by atoms with Crippen LogP contribution in [-0.4, -0.2) is 9.78 Å². The average Bonchev–Trinajstić information content (AvgIpc) is 2.70. The Morgan fingerprint density at radius 2 is 1.95 bits per heavy atom. The second-order valence-corrected chi connectivity index (χ2v) is 5.36. The number of aryl methyl sites for hydroxylation is 2. The number of hydrogen-bond donors (Lipinski definition) is 1. The van der Waals surface area contributed by atoms with Crippen LogP contribution in [0.15, 0.2) is 24.3 Å². The van der Waals surface area contributed by atoms with Gasteiger partial charge in [-0.15, -0.1) is 0 Å². The van der Waals surface area contributed by atoms with Crippen molar-refractivity contribution >= 4 is 23.2 Å². The molecule has 1 atom stereocenters. The van der Waals surface area contributed by atoms with Crippen molar-refractivity contribution in [3.63, 3.8) is 0 Å². The van der Waals surface area contributed by atoms with Crippen molar-refractivity contribution in [3.8, 4) is 0 Å². The van der Waals surface area contributed by atoms with Gasteiger partial charge < -0.3 is 5.73 Å². The summed E-state index contributed by atoms with van der Waals surface area (Å²) in [4.78, 5) is 0. The van der Waals surface area contributed by atoms with Crippen molar-refractivity contribution in [2.24, 2.45) is 12.8 Å². The van der Waals surface area contributed by atoms with Gasteiger partial charge in [-0.05, 0) is 24.6 Å². The number of rotatable bonds is 4. The van der Waals surface area contributed by atoms with Crippen LogP contribution in [0.5, 0.6) is 0 Å². The number of aromatic nitrogens is 2. The number of hydrogen-bond acceptors (Lipinski definition) is 2. The number of benzene rings is 1. The van der Waals surface area contributed by atoms with E-state index < -0.39 is 0 Å². The lowest BCUT2D eigenvalue weighted by Crippen LogP contribution is -2.16. The number of nitrogens with two attached hydrogens (primary N) is 1. The van der Waals surface area contributed by atoms with E-state index in [1.165, 1.54) is 0 Å². The molecule has 1 aromatic heterocycles. The molecule has 0 spiro atoms. The first-order chi connectivity index (χ1) is 9.02. The summed E-state index contributed by atoms with van der Waals surface area (Å²) >= 11 is 12.4. The largest absolute Gasteiger partial charge is 0.324 e. The van der Waals surface area contributed by atoms with E-state index in [4.69, 9.17) is 28.9 Å². The van der Waals surface area contributed by atoms with Gasteiger partial charge in [0, 0.05) is 40.8 Å². The second kappa shape index (κ2) is 5.95. The third kappa shape index (κ3) is 3.11. The molecule has 0 fully saturated rings. The highest BCUT2D eigenvalue weighted by Crippen LogP contribution is 2.30. The maximum atomic E-state index is 6.24. The number of halogens is 2. The molecule has 1 heterocycles. The molecule has 2 aromatic rings. The molecule has 0 aliphatic rings. The predicted octanol–water partition coefficient (Wildman–Crippen LogP) is 3.53. The Bertz CT molecular complexity index is 558. The molecule has 2 N–H and O–H groups in total. The van der Waals surface area contributed by atoms with Crippen LogP contribution < -0.4 is 5.73 Å². The summed E-state index contributed by atoms with van der Waals surface area (Å²) in [7, 11) is 1.93. The molecule has 0 radical (unpaired) electrons. The van der Waals surface area contributed by atoms with Crippen molar-refractivity contribution < 1.29 is 0 Å². The van der Waals surface area contributed by atoms with Gasteiger partial charge in [-0.2, -0.15) is 5.10 Å². The van der Waals surface area contributed by atoms with Gasteiger partial charge in [0.1, 0.15) is 0 Å². The molecule has 0 amide bonds. The summed E-state index contributed by atoms with van der Waals surface area (Å²) in [5, 5.41) is 5.63. The monoisotopic (exact) mass is 297 g/mol. The summed E-state index contributed by atoms with van der Waals surface area (Å²) in [6.07, 6.45) is 1.57. The lowest BCUT2D eigenvalue weighted by molar-refractivity contribution is 0.638. The zero-order chi connectivity index (χ0) is 14.0. The minimum Gasteiger partial charge on any atom is -0.324 e. The van der Waals surface area contributed by atoms with E-state index >= 15 is 0 Å². The molecule has 1 unspecified atom stereocenters. The van der Waals surface area contributed by atoms with E-state index in [-0.39, 0.29) is 6.04 Å². The van der Waals surface area contributed by atoms with E-state index in [0.717, 1.165) is 23.4 Å². The highest BCUT2D eigenvalue weighted by Gasteiger charge is 2.16. The Labute approximate surface area is 123 Å². The molecule has 0 saturated heterocycles. The minimum absolute atomic E-state index is 0.235. The summed E-state index contributed by atoms with van der Waals surface area (Å²) in [5.74, 6) is 0. The van der Waals surface area contributed by atoms with Gasteiger partial charge in [-0.3, -0.25) is 4.68 Å². The van der Waals surface area contributed by atoms with E-state index in [1.807, 2.05) is 29.9 Å². The fraction of sp³-hybridized carbons (Fsp3) is 0.357. The van der Waals surface area contributed by atoms with E-state index in [1.54, 1.807) is 0 Å². The minimum atomic E-state index is -0.235. The van der Waals surface area contributed by atoms with Crippen LogP contribution in [0.2, 0.25) is 10.0 Å². The molecule has 0 aliphatic heterocycles. The van der Waals surface area contributed by atoms with E-state index in [9.17, 15) is 0 Å². The van der Waals surface area contributed by atoms with Crippen LogP contribution in [0.1, 0.15) is 29.9 Å². The quantitative estimate of drug-likeness (QED) is 0.938. The summed E-state index contributed by atoms with van der Waals surface area (Å²) in [6, 6.07) is 7.28. The summed E-state index contributed by atoms with van der Waals surface area (Å²) in [6.45, 7) is 2.08. The zero-order valence-electron chi connectivity index (χ0n) is 11.0. The SMILES string of the molecule is CCc1cc(CC(N)c2c(Cl)cccc2Cl)n(C)n1.